The number of carbonyl (C=O) groups is 2. The van der Waals surface area contributed by atoms with E-state index in [2.05, 4.69) is 4.74 Å². The predicted octanol–water partition coefficient (Wildman–Crippen LogP) is 1.47. The van der Waals surface area contributed by atoms with Crippen LogP contribution in [0.3, 0.4) is 0 Å². The van der Waals surface area contributed by atoms with E-state index in [1.54, 1.807) is 0 Å². The van der Waals surface area contributed by atoms with Crippen LogP contribution in [0.25, 0.3) is 0 Å². The molecule has 1 atom stereocenters. The highest BCUT2D eigenvalue weighted by Gasteiger charge is 2.75. The topological polar surface area (TPSA) is 166 Å². The van der Waals surface area contributed by atoms with Gasteiger partial charge in [-0.1, -0.05) is 12.1 Å². The molecule has 0 bridgehead atoms. The lowest BCUT2D eigenvalue weighted by atomic mass is 10.2. The number of benzene rings is 1. The van der Waals surface area contributed by atoms with Gasteiger partial charge in [0.05, 0.1) is 4.75 Å². The zero-order chi connectivity index (χ0) is 26.4. The molecule has 0 aliphatic heterocycles. The molecule has 10 nitrogen and oxygen atoms in total. The number of carbonyl (C=O) groups excluding carboxylic acids is 1. The van der Waals surface area contributed by atoms with Gasteiger partial charge in [0.25, 0.3) is 13.8 Å². The molecule has 1 rings (SSSR count). The first kappa shape index (κ1) is 28.8. The molecule has 0 amide bonds. The summed E-state index contributed by atoms with van der Waals surface area (Å²) in [7, 11) is -18.3. The van der Waals surface area contributed by atoms with E-state index in [0.29, 0.717) is 6.07 Å². The van der Waals surface area contributed by atoms with Gasteiger partial charge in [0, 0.05) is 6.26 Å². The van der Waals surface area contributed by atoms with Gasteiger partial charge in [-0.05, 0) is 32.9 Å². The Kier molecular flexibility index (Phi) is 7.41. The minimum Gasteiger partial charge on any atom is -0.478 e. The molecule has 1 aromatic carbocycles. The van der Waals surface area contributed by atoms with Crippen LogP contribution < -0.4 is 4.74 Å². The van der Waals surface area contributed by atoms with Gasteiger partial charge in [0.1, 0.15) is 11.3 Å². The van der Waals surface area contributed by atoms with Gasteiger partial charge >= 0.3 is 23.1 Å². The minimum absolute atomic E-state index is 0.0752. The van der Waals surface area contributed by atoms with Crippen molar-refractivity contribution in [2.24, 2.45) is 0 Å². The van der Waals surface area contributed by atoms with Gasteiger partial charge in [-0.3, -0.25) is 0 Å². The van der Waals surface area contributed by atoms with Crippen molar-refractivity contribution in [3.8, 4) is 5.75 Å². The maximum absolute atomic E-state index is 14.6. The van der Waals surface area contributed by atoms with Crippen LogP contribution in [0, 0.1) is 0 Å². The lowest BCUT2D eigenvalue weighted by Gasteiger charge is -2.30. The number of alkyl halides is 4. The van der Waals surface area contributed by atoms with E-state index in [1.807, 2.05) is 0 Å². The highest BCUT2D eigenvalue weighted by Crippen LogP contribution is 2.45. The Bertz CT molecular complexity index is 1280. The molecule has 0 saturated carbocycles. The molecule has 0 saturated heterocycles. The molecular weight excluding hydrogens is 524 g/mol. The molecule has 1 N–H and O–H groups in total. The molecule has 0 radical (unpaired) electrons. The number of aromatic carboxylic acids is 1. The Labute approximate surface area is 186 Å². The number of carboxylic acids is 1. The number of rotatable bonds is 8. The normalized spacial score (nSPS) is 15.0. The molecule has 188 valence electrons. The summed E-state index contributed by atoms with van der Waals surface area (Å²) in [5.41, 5.74) is -0.933. The van der Waals surface area contributed by atoms with Crippen LogP contribution in [0.15, 0.2) is 24.3 Å². The maximum atomic E-state index is 14.6. The Morgan fingerprint density at radius 2 is 1.36 bits per heavy atom. The zero-order valence-corrected chi connectivity index (χ0v) is 19.7. The van der Waals surface area contributed by atoms with E-state index in [4.69, 9.17) is 5.11 Å². The van der Waals surface area contributed by atoms with Gasteiger partial charge < -0.3 is 9.84 Å². The maximum Gasteiger partial charge on any atom is 0.420 e. The van der Waals surface area contributed by atoms with Crippen molar-refractivity contribution in [2.45, 2.75) is 40.6 Å². The lowest BCUT2D eigenvalue weighted by Crippen LogP contribution is -2.60. The van der Waals surface area contributed by atoms with Crippen molar-refractivity contribution in [1.29, 1.82) is 0 Å². The minimum atomic E-state index is -7.20. The first-order valence-corrected chi connectivity index (χ1v) is 13.4. The van der Waals surface area contributed by atoms with Crippen molar-refractivity contribution in [3.63, 3.8) is 0 Å². The molecule has 0 fully saturated rings. The third kappa shape index (κ3) is 4.98. The average molecular weight is 543 g/mol. The highest BCUT2D eigenvalue weighted by molar-refractivity contribution is 8.24. The smallest absolute Gasteiger partial charge is 0.420 e. The second-order valence-electron chi connectivity index (χ2n) is 7.60. The summed E-state index contributed by atoms with van der Waals surface area (Å²) in [6, 6.07) is 3.39. The Balaban J connectivity index is 3.69. The molecule has 0 aliphatic carbocycles. The fourth-order valence-corrected chi connectivity index (χ4v) is 11.0. The summed E-state index contributed by atoms with van der Waals surface area (Å²) in [6.45, 7) is 2.22. The summed E-state index contributed by atoms with van der Waals surface area (Å²) >= 11 is 0. The third-order valence-corrected chi connectivity index (χ3v) is 13.5. The number of carboxylic acid groups (broad SMARTS) is 1. The number of hydrogen-bond donors (Lipinski definition) is 1. The molecule has 1 unspecified atom stereocenters. The molecule has 0 aliphatic rings. The van der Waals surface area contributed by atoms with Gasteiger partial charge in [0.2, 0.25) is 0 Å². The molecular formula is C16H18F4O10S3. The van der Waals surface area contributed by atoms with Gasteiger partial charge in [-0.25, -0.2) is 34.8 Å². The van der Waals surface area contributed by atoms with Crippen LogP contribution in [0.4, 0.5) is 17.6 Å². The summed E-state index contributed by atoms with van der Waals surface area (Å²) in [5.74, 6) is -12.6. The molecule has 0 aromatic heterocycles. The second kappa shape index (κ2) is 8.50. The van der Waals surface area contributed by atoms with Crippen molar-refractivity contribution in [3.05, 3.63) is 29.8 Å². The van der Waals surface area contributed by atoms with Crippen molar-refractivity contribution < 1.29 is 62.2 Å². The standard InChI is InChI=1S/C16H18F4O10S3/c1-14(2,3)32(26,27)13(31(4,24)25)33(28,29)16(19,20)15(17,18)12(23)30-10-8-6-5-7-9(10)11(21)22/h5-8,13H,1-4H3,(H,21,22). The van der Waals surface area contributed by atoms with Crippen LogP contribution in [0.1, 0.15) is 31.1 Å². The molecule has 0 heterocycles. The van der Waals surface area contributed by atoms with Crippen LogP contribution in [-0.4, -0.2) is 68.4 Å². The monoisotopic (exact) mass is 542 g/mol. The first-order chi connectivity index (χ1) is 14.4. The van der Waals surface area contributed by atoms with Gasteiger partial charge in [-0.15, -0.1) is 0 Å². The van der Waals surface area contributed by atoms with Gasteiger partial charge in [0.15, 0.2) is 19.7 Å². The van der Waals surface area contributed by atoms with Crippen molar-refractivity contribution >= 4 is 41.5 Å². The fraction of sp³-hybridized carbons (Fsp3) is 0.500. The molecule has 1 aromatic rings. The summed E-state index contributed by atoms with van der Waals surface area (Å²) in [6.07, 6.45) is -0.0752. The van der Waals surface area contributed by atoms with Crippen LogP contribution >= 0.6 is 0 Å². The SMILES string of the molecule is CC(C)(C)S(=O)(=O)C(S(C)(=O)=O)S(=O)(=O)C(F)(F)C(F)(F)C(=O)Oc1ccccc1C(=O)O. The first-order valence-electron chi connectivity index (χ1n) is 8.40. The second-order valence-corrected chi connectivity index (χ2v) is 15.5. The van der Waals surface area contributed by atoms with E-state index in [0.717, 1.165) is 39.0 Å². The Morgan fingerprint density at radius 1 is 0.909 bits per heavy atom. The number of halogens is 4. The predicted molar refractivity (Wildman–Crippen MR) is 105 cm³/mol. The largest absolute Gasteiger partial charge is 0.478 e. The average Bonchev–Trinajstić information content (AvgIpc) is 2.58. The van der Waals surface area contributed by atoms with E-state index >= 15 is 0 Å². The Morgan fingerprint density at radius 3 is 1.76 bits per heavy atom. The van der Waals surface area contributed by atoms with E-state index in [1.165, 1.54) is 0 Å². The van der Waals surface area contributed by atoms with E-state index < -0.39 is 72.6 Å². The molecule has 33 heavy (non-hydrogen) atoms. The third-order valence-electron chi connectivity index (χ3n) is 4.01. The lowest BCUT2D eigenvalue weighted by molar-refractivity contribution is -0.194. The van der Waals surface area contributed by atoms with E-state index in [9.17, 15) is 52.4 Å². The fourth-order valence-electron chi connectivity index (χ4n) is 2.23. The summed E-state index contributed by atoms with van der Waals surface area (Å²) in [5, 5.41) is 2.33. The Hall–Kier alpha value is -2.27. The molecule has 0 spiro atoms. The number of para-hydroxylation sites is 1. The molecule has 17 heteroatoms. The number of sulfone groups is 3. The van der Waals surface area contributed by atoms with Crippen LogP contribution in [0.2, 0.25) is 0 Å². The highest BCUT2D eigenvalue weighted by atomic mass is 32.3. The van der Waals surface area contributed by atoms with Crippen molar-refractivity contribution in [2.75, 3.05) is 6.26 Å². The summed E-state index contributed by atoms with van der Waals surface area (Å²) < 4.78 is 129. The van der Waals surface area contributed by atoms with Gasteiger partial charge in [-0.2, -0.15) is 17.6 Å². The van der Waals surface area contributed by atoms with Crippen LogP contribution in [-0.2, 0) is 34.3 Å². The number of esters is 1. The van der Waals surface area contributed by atoms with Crippen molar-refractivity contribution in [1.82, 2.24) is 0 Å². The van der Waals surface area contributed by atoms with E-state index in [-0.39, 0.29) is 6.26 Å². The summed E-state index contributed by atoms with van der Waals surface area (Å²) in [4.78, 5) is 22.9. The number of ether oxygens (including phenoxy) is 1. The number of hydrogen-bond acceptors (Lipinski definition) is 9. The quantitative estimate of drug-likeness (QED) is 0.289. The van der Waals surface area contributed by atoms with Crippen LogP contribution in [0.5, 0.6) is 5.75 Å². The zero-order valence-electron chi connectivity index (χ0n) is 17.2.